The monoisotopic (exact) mass is 226 g/mol. The second-order valence-corrected chi connectivity index (χ2v) is 3.00. The molecule has 0 aromatic heterocycles. The quantitative estimate of drug-likeness (QED) is 0.439. The molecule has 0 spiro atoms. The molecule has 1 aromatic rings. The molecule has 7 nitrogen and oxygen atoms in total. The van der Waals surface area contributed by atoms with Gasteiger partial charge in [-0.3, -0.25) is 10.1 Å². The molecule has 1 atom stereocenters. The number of nitro groups is 1. The van der Waals surface area contributed by atoms with Gasteiger partial charge in [0.05, 0.1) is 17.6 Å². The smallest absolute Gasteiger partial charge is 0.327 e. The van der Waals surface area contributed by atoms with Gasteiger partial charge >= 0.3 is 5.97 Å². The Hall–Kier alpha value is -2.15. The minimum atomic E-state index is -1.29. The fraction of sp³-hybridized carbons (Fsp3) is 0.222. The summed E-state index contributed by atoms with van der Waals surface area (Å²) in [5.41, 5.74) is 5.04. The molecule has 0 radical (unpaired) electrons. The van der Waals surface area contributed by atoms with Gasteiger partial charge in [0.2, 0.25) is 0 Å². The molecule has 0 amide bonds. The SMILES string of the molecule is COC(=O)C(N)c1cc(O)ccc1[N+](=O)[O-]. The first-order valence-corrected chi connectivity index (χ1v) is 4.28. The molecule has 0 saturated carbocycles. The number of hydrogen-bond donors (Lipinski definition) is 2. The molecule has 86 valence electrons. The summed E-state index contributed by atoms with van der Waals surface area (Å²) >= 11 is 0. The number of hydrogen-bond acceptors (Lipinski definition) is 6. The molecule has 1 unspecified atom stereocenters. The zero-order valence-electron chi connectivity index (χ0n) is 8.41. The van der Waals surface area contributed by atoms with E-state index in [0.29, 0.717) is 0 Å². The molecule has 0 saturated heterocycles. The first kappa shape index (κ1) is 11.9. The number of esters is 1. The van der Waals surface area contributed by atoms with Gasteiger partial charge in [0.1, 0.15) is 11.8 Å². The number of ether oxygens (including phenoxy) is 1. The van der Waals surface area contributed by atoms with Crippen molar-refractivity contribution in [2.75, 3.05) is 7.11 Å². The van der Waals surface area contributed by atoms with E-state index in [4.69, 9.17) is 5.73 Å². The molecule has 7 heteroatoms. The van der Waals surface area contributed by atoms with E-state index in [-0.39, 0.29) is 17.0 Å². The highest BCUT2D eigenvalue weighted by Crippen LogP contribution is 2.28. The zero-order chi connectivity index (χ0) is 12.3. The number of nitrogens with zero attached hydrogens (tertiary/aromatic N) is 1. The molecule has 0 heterocycles. The standard InChI is InChI=1S/C9H10N2O5/c1-16-9(13)8(10)6-4-5(12)2-3-7(6)11(14)15/h2-4,8,12H,10H2,1H3. The highest BCUT2D eigenvalue weighted by atomic mass is 16.6. The fourth-order valence-corrected chi connectivity index (χ4v) is 1.21. The van der Waals surface area contributed by atoms with E-state index in [1.165, 1.54) is 0 Å². The second kappa shape index (κ2) is 4.58. The first-order chi connectivity index (χ1) is 7.47. The summed E-state index contributed by atoms with van der Waals surface area (Å²) in [7, 11) is 1.12. The maximum Gasteiger partial charge on any atom is 0.327 e. The fourth-order valence-electron chi connectivity index (χ4n) is 1.21. The Morgan fingerprint density at radius 2 is 2.25 bits per heavy atom. The van der Waals surface area contributed by atoms with Crippen LogP contribution in [0.4, 0.5) is 5.69 Å². The van der Waals surface area contributed by atoms with E-state index < -0.39 is 16.9 Å². The molecule has 3 N–H and O–H groups in total. The number of nitrogens with two attached hydrogens (primary N) is 1. The van der Waals surface area contributed by atoms with Crippen molar-refractivity contribution in [3.05, 3.63) is 33.9 Å². The van der Waals surface area contributed by atoms with Crippen molar-refractivity contribution in [3.8, 4) is 5.75 Å². The van der Waals surface area contributed by atoms with Crippen LogP contribution in [-0.4, -0.2) is 23.1 Å². The number of phenolic OH excluding ortho intramolecular Hbond substituents is 1. The van der Waals surface area contributed by atoms with Crippen LogP contribution in [0.1, 0.15) is 11.6 Å². The minimum Gasteiger partial charge on any atom is -0.508 e. The molecule has 1 rings (SSSR count). The van der Waals surface area contributed by atoms with Gasteiger partial charge in [-0.25, -0.2) is 4.79 Å². The summed E-state index contributed by atoms with van der Waals surface area (Å²) in [6, 6.07) is 2.00. The molecule has 16 heavy (non-hydrogen) atoms. The van der Waals surface area contributed by atoms with Crippen molar-refractivity contribution in [3.63, 3.8) is 0 Å². The molecule has 0 aliphatic carbocycles. The van der Waals surface area contributed by atoms with Gasteiger partial charge in [0, 0.05) is 6.07 Å². The lowest BCUT2D eigenvalue weighted by Crippen LogP contribution is -2.23. The molecule has 0 aliphatic heterocycles. The van der Waals surface area contributed by atoms with E-state index in [1.54, 1.807) is 0 Å². The summed E-state index contributed by atoms with van der Waals surface area (Å²) in [5, 5.41) is 19.9. The van der Waals surface area contributed by atoms with Crippen LogP contribution in [0.25, 0.3) is 0 Å². The lowest BCUT2D eigenvalue weighted by atomic mass is 10.1. The topological polar surface area (TPSA) is 116 Å². The molecule has 0 fully saturated rings. The second-order valence-electron chi connectivity index (χ2n) is 3.00. The average Bonchev–Trinajstić information content (AvgIpc) is 2.26. The van der Waals surface area contributed by atoms with Crippen LogP contribution in [0.5, 0.6) is 5.75 Å². The number of methoxy groups -OCH3 is 1. The lowest BCUT2D eigenvalue weighted by Gasteiger charge is -2.10. The van der Waals surface area contributed by atoms with Crippen molar-refractivity contribution in [2.45, 2.75) is 6.04 Å². The van der Waals surface area contributed by atoms with Crippen LogP contribution in [0.15, 0.2) is 18.2 Å². The largest absolute Gasteiger partial charge is 0.508 e. The Morgan fingerprint density at radius 1 is 1.62 bits per heavy atom. The van der Waals surface area contributed by atoms with Crippen LogP contribution in [0.2, 0.25) is 0 Å². The van der Waals surface area contributed by atoms with Crippen molar-refractivity contribution >= 4 is 11.7 Å². The summed E-state index contributed by atoms with van der Waals surface area (Å²) in [4.78, 5) is 21.1. The molecule has 0 bridgehead atoms. The van der Waals surface area contributed by atoms with Crippen molar-refractivity contribution in [1.29, 1.82) is 0 Å². The maximum absolute atomic E-state index is 11.1. The van der Waals surface area contributed by atoms with Crippen LogP contribution >= 0.6 is 0 Å². The Morgan fingerprint density at radius 3 is 2.75 bits per heavy atom. The van der Waals surface area contributed by atoms with Crippen molar-refractivity contribution < 1.29 is 19.6 Å². The van der Waals surface area contributed by atoms with Crippen LogP contribution in [0.3, 0.4) is 0 Å². The third-order valence-electron chi connectivity index (χ3n) is 2.00. The number of carbonyl (C=O) groups is 1. The number of rotatable bonds is 3. The minimum absolute atomic E-state index is 0.0862. The number of aromatic hydroxyl groups is 1. The summed E-state index contributed by atoms with van der Waals surface area (Å²) in [5.74, 6) is -1.02. The van der Waals surface area contributed by atoms with Gasteiger partial charge < -0.3 is 15.6 Å². The Kier molecular flexibility index (Phi) is 3.41. The molecular formula is C9H10N2O5. The van der Waals surface area contributed by atoms with E-state index in [0.717, 1.165) is 25.3 Å². The van der Waals surface area contributed by atoms with Gasteiger partial charge in [0.25, 0.3) is 5.69 Å². The normalized spacial score (nSPS) is 11.9. The van der Waals surface area contributed by atoms with Gasteiger partial charge in [-0.2, -0.15) is 0 Å². The Bertz CT molecular complexity index is 432. The molecular weight excluding hydrogens is 216 g/mol. The average molecular weight is 226 g/mol. The van der Waals surface area contributed by atoms with Gasteiger partial charge in [-0.05, 0) is 12.1 Å². The summed E-state index contributed by atoms with van der Waals surface area (Å²) in [6.07, 6.45) is 0. The van der Waals surface area contributed by atoms with E-state index in [9.17, 15) is 20.0 Å². The third-order valence-corrected chi connectivity index (χ3v) is 2.00. The van der Waals surface area contributed by atoms with Crippen LogP contribution in [-0.2, 0) is 9.53 Å². The van der Waals surface area contributed by atoms with Crippen LogP contribution < -0.4 is 5.73 Å². The van der Waals surface area contributed by atoms with Crippen LogP contribution in [0, 0.1) is 10.1 Å². The predicted octanol–water partition coefficient (Wildman–Crippen LogP) is 0.473. The van der Waals surface area contributed by atoms with Gasteiger partial charge in [-0.15, -0.1) is 0 Å². The van der Waals surface area contributed by atoms with E-state index in [2.05, 4.69) is 4.74 Å². The number of benzene rings is 1. The van der Waals surface area contributed by atoms with Gasteiger partial charge in [-0.1, -0.05) is 0 Å². The predicted molar refractivity (Wildman–Crippen MR) is 53.7 cm³/mol. The Labute approximate surface area is 90.6 Å². The van der Waals surface area contributed by atoms with Gasteiger partial charge in [0.15, 0.2) is 0 Å². The van der Waals surface area contributed by atoms with E-state index >= 15 is 0 Å². The highest BCUT2D eigenvalue weighted by Gasteiger charge is 2.25. The van der Waals surface area contributed by atoms with E-state index in [1.807, 2.05) is 0 Å². The lowest BCUT2D eigenvalue weighted by molar-refractivity contribution is -0.385. The highest BCUT2D eigenvalue weighted by molar-refractivity contribution is 5.79. The zero-order valence-corrected chi connectivity index (χ0v) is 8.41. The summed E-state index contributed by atoms with van der Waals surface area (Å²) in [6.45, 7) is 0. The maximum atomic E-state index is 11.1. The Balaban J connectivity index is 3.24. The third kappa shape index (κ3) is 2.26. The summed E-state index contributed by atoms with van der Waals surface area (Å²) < 4.78 is 4.37. The molecule has 1 aromatic carbocycles. The molecule has 0 aliphatic rings. The van der Waals surface area contributed by atoms with Crippen molar-refractivity contribution in [1.82, 2.24) is 0 Å². The number of phenols is 1. The van der Waals surface area contributed by atoms with Crippen molar-refractivity contribution in [2.24, 2.45) is 5.73 Å². The first-order valence-electron chi connectivity index (χ1n) is 4.28. The number of nitro benzene ring substituents is 1. The number of carbonyl (C=O) groups excluding carboxylic acids is 1.